The van der Waals surface area contributed by atoms with Gasteiger partial charge in [-0.25, -0.2) is 4.99 Å². The number of carbonyl (C=O) groups is 2. The molecule has 6 nitrogen and oxygen atoms in total. The summed E-state index contributed by atoms with van der Waals surface area (Å²) < 4.78 is 0.875. The van der Waals surface area contributed by atoms with Crippen molar-refractivity contribution in [2.24, 2.45) is 4.99 Å². The van der Waals surface area contributed by atoms with Crippen LogP contribution in [0.5, 0.6) is 0 Å². The monoisotopic (exact) mass is 476 g/mol. The Morgan fingerprint density at radius 2 is 1.68 bits per heavy atom. The number of carbonyl (C=O) groups excluding carboxylic acids is 2. The first-order valence-corrected chi connectivity index (χ1v) is 11.1. The van der Waals surface area contributed by atoms with Crippen LogP contribution in [0.15, 0.2) is 63.6 Å². The highest BCUT2D eigenvalue weighted by Gasteiger charge is 2.28. The molecule has 1 heterocycles. The van der Waals surface area contributed by atoms with Gasteiger partial charge in [0.05, 0.1) is 5.70 Å². The van der Waals surface area contributed by atoms with Gasteiger partial charge in [0.1, 0.15) is 17.5 Å². The third-order valence-corrected chi connectivity index (χ3v) is 6.04. The zero-order chi connectivity index (χ0) is 21.8. The Morgan fingerprint density at radius 1 is 1.00 bits per heavy atom. The van der Waals surface area contributed by atoms with Crippen LogP contribution in [-0.4, -0.2) is 23.7 Å². The van der Waals surface area contributed by atoms with Crippen LogP contribution in [0.1, 0.15) is 53.6 Å². The molecule has 0 aromatic heterocycles. The van der Waals surface area contributed by atoms with E-state index in [1.54, 1.807) is 30.3 Å². The van der Waals surface area contributed by atoms with Gasteiger partial charge in [0.2, 0.25) is 0 Å². The van der Waals surface area contributed by atoms with E-state index in [0.29, 0.717) is 22.5 Å². The van der Waals surface area contributed by atoms with Crippen molar-refractivity contribution in [3.8, 4) is 6.07 Å². The Hall–Kier alpha value is -3.24. The van der Waals surface area contributed by atoms with E-state index in [4.69, 9.17) is 0 Å². The summed E-state index contributed by atoms with van der Waals surface area (Å²) in [5.41, 5.74) is 2.07. The highest BCUT2D eigenvalue weighted by atomic mass is 79.9. The van der Waals surface area contributed by atoms with Crippen molar-refractivity contribution >= 4 is 39.3 Å². The predicted octanol–water partition coefficient (Wildman–Crippen LogP) is 4.32. The highest BCUT2D eigenvalue weighted by molar-refractivity contribution is 9.10. The lowest BCUT2D eigenvalue weighted by Gasteiger charge is -2.22. The van der Waals surface area contributed by atoms with Crippen molar-refractivity contribution in [3.63, 3.8) is 0 Å². The molecule has 1 fully saturated rings. The van der Waals surface area contributed by atoms with Gasteiger partial charge in [0.25, 0.3) is 11.8 Å². The zero-order valence-corrected chi connectivity index (χ0v) is 18.4. The average molecular weight is 477 g/mol. The third-order valence-electron chi connectivity index (χ3n) is 5.52. The van der Waals surface area contributed by atoms with E-state index in [1.165, 1.54) is 6.42 Å². The zero-order valence-electron chi connectivity index (χ0n) is 16.8. The molecule has 7 heteroatoms. The van der Waals surface area contributed by atoms with Crippen LogP contribution < -0.4 is 10.6 Å². The van der Waals surface area contributed by atoms with Crippen LogP contribution in [0.3, 0.4) is 0 Å². The molecule has 0 radical (unpaired) electrons. The van der Waals surface area contributed by atoms with E-state index < -0.39 is 5.91 Å². The van der Waals surface area contributed by atoms with E-state index >= 15 is 0 Å². The van der Waals surface area contributed by atoms with Crippen molar-refractivity contribution in [1.82, 2.24) is 10.6 Å². The predicted molar refractivity (Wildman–Crippen MR) is 122 cm³/mol. The minimum Gasteiger partial charge on any atom is -0.349 e. The van der Waals surface area contributed by atoms with E-state index in [9.17, 15) is 14.9 Å². The molecule has 2 amide bonds. The molecule has 2 aromatic carbocycles. The number of hydrogen-bond acceptors (Lipinski definition) is 4. The van der Waals surface area contributed by atoms with Gasteiger partial charge in [0, 0.05) is 27.2 Å². The number of amides is 2. The second-order valence-corrected chi connectivity index (χ2v) is 8.53. The van der Waals surface area contributed by atoms with E-state index in [1.807, 2.05) is 24.3 Å². The molecule has 2 aliphatic rings. The molecular formula is C24H21BrN4O2. The summed E-state index contributed by atoms with van der Waals surface area (Å²) in [6, 6.07) is 16.4. The van der Waals surface area contributed by atoms with E-state index in [-0.39, 0.29) is 23.2 Å². The van der Waals surface area contributed by atoms with E-state index in [2.05, 4.69) is 31.6 Å². The number of rotatable bonds is 3. The van der Waals surface area contributed by atoms with Gasteiger partial charge < -0.3 is 10.6 Å². The minimum atomic E-state index is -0.413. The number of halogens is 1. The minimum absolute atomic E-state index is 0.0362. The van der Waals surface area contributed by atoms with Crippen LogP contribution in [0.2, 0.25) is 0 Å². The lowest BCUT2D eigenvalue weighted by Crippen LogP contribution is -2.37. The number of nitrogens with zero attached hydrogens (tertiary/aromatic N) is 2. The number of aliphatic imine (C=N–C) groups is 1. The van der Waals surface area contributed by atoms with Gasteiger partial charge in [0.15, 0.2) is 0 Å². The maximum absolute atomic E-state index is 12.9. The lowest BCUT2D eigenvalue weighted by atomic mass is 9.95. The second kappa shape index (κ2) is 9.27. The maximum Gasteiger partial charge on any atom is 0.264 e. The summed E-state index contributed by atoms with van der Waals surface area (Å²) in [6.07, 6.45) is 5.19. The Morgan fingerprint density at radius 3 is 2.35 bits per heavy atom. The first-order chi connectivity index (χ1) is 15.1. The molecule has 1 saturated carbocycles. The molecule has 0 atom stereocenters. The van der Waals surface area contributed by atoms with Crippen molar-refractivity contribution < 1.29 is 9.59 Å². The molecule has 0 spiro atoms. The molecule has 4 rings (SSSR count). The molecule has 1 aliphatic carbocycles. The summed E-state index contributed by atoms with van der Waals surface area (Å²) in [5.74, 6) is -0.396. The van der Waals surface area contributed by atoms with Gasteiger partial charge >= 0.3 is 0 Å². The first kappa shape index (κ1) is 21.0. The lowest BCUT2D eigenvalue weighted by molar-refractivity contribution is -0.117. The van der Waals surface area contributed by atoms with Gasteiger partial charge in [-0.1, -0.05) is 59.5 Å². The summed E-state index contributed by atoms with van der Waals surface area (Å²) in [5, 5.41) is 15.6. The molecule has 0 bridgehead atoms. The molecule has 31 heavy (non-hydrogen) atoms. The van der Waals surface area contributed by atoms with Crippen molar-refractivity contribution in [1.29, 1.82) is 5.26 Å². The Balaban J connectivity index is 1.64. The van der Waals surface area contributed by atoms with Crippen LogP contribution in [0.25, 0.3) is 5.70 Å². The Labute approximate surface area is 189 Å². The summed E-state index contributed by atoms with van der Waals surface area (Å²) >= 11 is 3.35. The SMILES string of the molecule is N#CC(C(=O)NC1CCCCC1)=C1N=C(NC(=O)c2ccc(Br)cc2)c2ccccc21. The van der Waals surface area contributed by atoms with Crippen molar-refractivity contribution in [3.05, 3.63) is 75.3 Å². The molecular weight excluding hydrogens is 456 g/mol. The molecule has 1 aliphatic heterocycles. The van der Waals surface area contributed by atoms with Crippen LogP contribution in [0, 0.1) is 11.3 Å². The second-order valence-electron chi connectivity index (χ2n) is 7.61. The van der Waals surface area contributed by atoms with E-state index in [0.717, 1.165) is 30.2 Å². The number of nitriles is 1. The molecule has 2 N–H and O–H groups in total. The number of fused-ring (bicyclic) bond motifs is 1. The fourth-order valence-electron chi connectivity index (χ4n) is 3.91. The van der Waals surface area contributed by atoms with Gasteiger partial charge in [-0.15, -0.1) is 0 Å². The maximum atomic E-state index is 12.9. The molecule has 0 unspecified atom stereocenters. The smallest absolute Gasteiger partial charge is 0.264 e. The van der Waals surface area contributed by atoms with Crippen LogP contribution >= 0.6 is 15.9 Å². The van der Waals surface area contributed by atoms with Crippen LogP contribution in [0.4, 0.5) is 0 Å². The van der Waals surface area contributed by atoms with Gasteiger partial charge in [-0.2, -0.15) is 5.26 Å². The standard InChI is InChI=1S/C24H21BrN4O2/c25-16-12-10-15(11-13-16)23(30)29-22-19-9-5-4-8-18(19)21(28-22)20(14-26)24(31)27-17-6-2-1-3-7-17/h4-5,8-13,17H,1-3,6-7H2,(H,27,31)(H,28,29,30). The number of nitrogens with one attached hydrogen (secondary N) is 2. The third kappa shape index (κ3) is 4.59. The summed E-state index contributed by atoms with van der Waals surface area (Å²) in [6.45, 7) is 0. The average Bonchev–Trinajstić information content (AvgIpc) is 3.13. The summed E-state index contributed by atoms with van der Waals surface area (Å²) in [4.78, 5) is 30.1. The molecule has 0 saturated heterocycles. The number of hydrogen-bond donors (Lipinski definition) is 2. The van der Waals surface area contributed by atoms with Crippen LogP contribution in [-0.2, 0) is 4.79 Å². The Bertz CT molecular complexity index is 1120. The number of amidine groups is 1. The van der Waals surface area contributed by atoms with Crippen molar-refractivity contribution in [2.45, 2.75) is 38.1 Å². The molecule has 156 valence electrons. The number of benzene rings is 2. The fraction of sp³-hybridized carbons (Fsp3) is 0.250. The quantitative estimate of drug-likeness (QED) is 0.509. The Kier molecular flexibility index (Phi) is 6.28. The molecule has 2 aromatic rings. The van der Waals surface area contributed by atoms with Crippen molar-refractivity contribution in [2.75, 3.05) is 0 Å². The first-order valence-electron chi connectivity index (χ1n) is 10.3. The topological polar surface area (TPSA) is 94.3 Å². The highest BCUT2D eigenvalue weighted by Crippen LogP contribution is 2.31. The fourth-order valence-corrected chi connectivity index (χ4v) is 4.18. The largest absolute Gasteiger partial charge is 0.349 e. The van der Waals surface area contributed by atoms with Gasteiger partial charge in [-0.3, -0.25) is 9.59 Å². The summed E-state index contributed by atoms with van der Waals surface area (Å²) in [7, 11) is 0. The normalized spacial score (nSPS) is 17.2. The van der Waals surface area contributed by atoms with Gasteiger partial charge in [-0.05, 0) is 37.1 Å².